The van der Waals surface area contributed by atoms with Crippen LogP contribution in [0.1, 0.15) is 46.0 Å². The summed E-state index contributed by atoms with van der Waals surface area (Å²) in [6.07, 6.45) is 4.22. The second kappa shape index (κ2) is 11.0. The molecule has 106 valence electrons. The van der Waals surface area contributed by atoms with E-state index in [9.17, 15) is 9.59 Å². The SMILES string of the molecule is CCCCNC(=O)C[C@H](NC)C(=O)NCCCC. The number of hydrogen-bond acceptors (Lipinski definition) is 3. The minimum atomic E-state index is -0.441. The van der Waals surface area contributed by atoms with Crippen molar-refractivity contribution in [3.8, 4) is 0 Å². The Hall–Kier alpha value is -1.10. The van der Waals surface area contributed by atoms with Crippen LogP contribution in [0.4, 0.5) is 0 Å². The van der Waals surface area contributed by atoms with Crippen LogP contribution >= 0.6 is 0 Å². The number of amides is 2. The van der Waals surface area contributed by atoms with E-state index in [1.54, 1.807) is 7.05 Å². The Morgan fingerprint density at radius 1 is 1.00 bits per heavy atom. The molecule has 0 aliphatic rings. The van der Waals surface area contributed by atoms with Gasteiger partial charge in [-0.2, -0.15) is 0 Å². The second-order valence-electron chi connectivity index (χ2n) is 4.39. The summed E-state index contributed by atoms with van der Waals surface area (Å²) in [4.78, 5) is 23.4. The zero-order valence-corrected chi connectivity index (χ0v) is 11.8. The molecule has 0 spiro atoms. The maximum atomic E-state index is 11.8. The minimum absolute atomic E-state index is 0.0755. The van der Waals surface area contributed by atoms with Gasteiger partial charge in [-0.05, 0) is 19.9 Å². The van der Waals surface area contributed by atoms with Crippen LogP contribution in [0.2, 0.25) is 0 Å². The van der Waals surface area contributed by atoms with Gasteiger partial charge in [0.25, 0.3) is 0 Å². The molecule has 0 aromatic carbocycles. The number of rotatable bonds is 10. The quantitative estimate of drug-likeness (QED) is 0.507. The topological polar surface area (TPSA) is 70.2 Å². The largest absolute Gasteiger partial charge is 0.356 e. The highest BCUT2D eigenvalue weighted by atomic mass is 16.2. The number of nitrogens with one attached hydrogen (secondary N) is 3. The molecule has 3 N–H and O–H groups in total. The number of carbonyl (C=O) groups is 2. The molecule has 0 aliphatic carbocycles. The van der Waals surface area contributed by atoms with Gasteiger partial charge in [0.15, 0.2) is 0 Å². The first-order valence-corrected chi connectivity index (χ1v) is 6.87. The summed E-state index contributed by atoms with van der Waals surface area (Å²) in [5.41, 5.74) is 0. The summed E-state index contributed by atoms with van der Waals surface area (Å²) in [5.74, 6) is -0.176. The molecule has 0 aliphatic heterocycles. The summed E-state index contributed by atoms with van der Waals surface area (Å²) in [6.45, 7) is 5.50. The lowest BCUT2D eigenvalue weighted by Crippen LogP contribution is -2.45. The highest BCUT2D eigenvalue weighted by molar-refractivity contribution is 5.88. The predicted octanol–water partition coefficient (Wildman–Crippen LogP) is 0.797. The average molecular weight is 257 g/mol. The fourth-order valence-electron chi connectivity index (χ4n) is 1.50. The Balaban J connectivity index is 3.93. The van der Waals surface area contributed by atoms with Crippen LogP contribution in [0.5, 0.6) is 0 Å². The van der Waals surface area contributed by atoms with E-state index in [-0.39, 0.29) is 18.2 Å². The zero-order valence-electron chi connectivity index (χ0n) is 11.8. The lowest BCUT2D eigenvalue weighted by atomic mass is 10.1. The lowest BCUT2D eigenvalue weighted by molar-refractivity contribution is -0.128. The average Bonchev–Trinajstić information content (AvgIpc) is 2.36. The van der Waals surface area contributed by atoms with Crippen molar-refractivity contribution >= 4 is 11.8 Å². The molecule has 0 aromatic heterocycles. The lowest BCUT2D eigenvalue weighted by Gasteiger charge is -2.15. The Bertz CT molecular complexity index is 244. The Kier molecular flexibility index (Phi) is 10.3. The van der Waals surface area contributed by atoms with E-state index in [4.69, 9.17) is 0 Å². The van der Waals surface area contributed by atoms with E-state index in [0.29, 0.717) is 13.1 Å². The molecule has 0 saturated heterocycles. The monoisotopic (exact) mass is 257 g/mol. The summed E-state index contributed by atoms with van der Waals surface area (Å²) in [6, 6.07) is -0.441. The number of carbonyl (C=O) groups excluding carboxylic acids is 2. The third-order valence-corrected chi connectivity index (χ3v) is 2.74. The molecule has 0 radical (unpaired) electrons. The van der Waals surface area contributed by atoms with Crippen LogP contribution in [-0.4, -0.2) is 38.0 Å². The first kappa shape index (κ1) is 16.9. The molecule has 5 nitrogen and oxygen atoms in total. The van der Waals surface area contributed by atoms with Crippen LogP contribution in [0.15, 0.2) is 0 Å². The van der Waals surface area contributed by atoms with Gasteiger partial charge in [0, 0.05) is 13.1 Å². The van der Waals surface area contributed by atoms with Crippen LogP contribution in [0.3, 0.4) is 0 Å². The maximum absolute atomic E-state index is 11.8. The van der Waals surface area contributed by atoms with Crippen molar-refractivity contribution in [2.45, 2.75) is 52.0 Å². The normalized spacial score (nSPS) is 11.9. The molecule has 0 heterocycles. The van der Waals surface area contributed by atoms with Crippen molar-refractivity contribution in [2.24, 2.45) is 0 Å². The van der Waals surface area contributed by atoms with Crippen molar-refractivity contribution in [3.05, 3.63) is 0 Å². The zero-order chi connectivity index (χ0) is 13.8. The van der Waals surface area contributed by atoms with E-state index >= 15 is 0 Å². The van der Waals surface area contributed by atoms with E-state index in [1.807, 2.05) is 0 Å². The summed E-state index contributed by atoms with van der Waals surface area (Å²) in [7, 11) is 1.70. The fourth-order valence-corrected chi connectivity index (χ4v) is 1.50. The van der Waals surface area contributed by atoms with Crippen molar-refractivity contribution in [1.29, 1.82) is 0 Å². The predicted molar refractivity (Wildman–Crippen MR) is 73.3 cm³/mol. The van der Waals surface area contributed by atoms with Gasteiger partial charge in [-0.3, -0.25) is 9.59 Å². The van der Waals surface area contributed by atoms with Gasteiger partial charge in [-0.15, -0.1) is 0 Å². The minimum Gasteiger partial charge on any atom is -0.356 e. The van der Waals surface area contributed by atoms with Gasteiger partial charge >= 0.3 is 0 Å². The Morgan fingerprint density at radius 2 is 1.56 bits per heavy atom. The van der Waals surface area contributed by atoms with Gasteiger partial charge in [-0.25, -0.2) is 0 Å². The molecule has 2 amide bonds. The first-order valence-electron chi connectivity index (χ1n) is 6.87. The van der Waals surface area contributed by atoms with Crippen molar-refractivity contribution in [1.82, 2.24) is 16.0 Å². The van der Waals surface area contributed by atoms with Crippen molar-refractivity contribution in [3.63, 3.8) is 0 Å². The smallest absolute Gasteiger partial charge is 0.237 e. The third kappa shape index (κ3) is 8.06. The van der Waals surface area contributed by atoms with Gasteiger partial charge in [0.05, 0.1) is 12.5 Å². The van der Waals surface area contributed by atoms with Crippen LogP contribution in [0, 0.1) is 0 Å². The highest BCUT2D eigenvalue weighted by Gasteiger charge is 2.19. The number of likely N-dealkylation sites (N-methyl/N-ethyl adjacent to an activating group) is 1. The standard InChI is InChI=1S/C13H27N3O2/c1-4-6-8-15-12(17)10-11(14-3)13(18)16-9-7-5-2/h11,14H,4-10H2,1-3H3,(H,15,17)(H,16,18)/t11-/m0/s1. The molecular formula is C13H27N3O2. The molecule has 0 aromatic rings. The molecule has 0 saturated carbocycles. The van der Waals surface area contributed by atoms with Gasteiger partial charge in [0.2, 0.25) is 11.8 Å². The van der Waals surface area contributed by atoms with Crippen LogP contribution in [-0.2, 0) is 9.59 Å². The van der Waals surface area contributed by atoms with Crippen molar-refractivity contribution in [2.75, 3.05) is 20.1 Å². The molecule has 0 unspecified atom stereocenters. The highest BCUT2D eigenvalue weighted by Crippen LogP contribution is 1.94. The Labute approximate surface area is 110 Å². The molecular weight excluding hydrogens is 230 g/mol. The summed E-state index contributed by atoms with van der Waals surface area (Å²) in [5, 5.41) is 8.51. The van der Waals surface area contributed by atoms with E-state index in [1.165, 1.54) is 0 Å². The van der Waals surface area contributed by atoms with E-state index in [2.05, 4.69) is 29.8 Å². The molecule has 18 heavy (non-hydrogen) atoms. The third-order valence-electron chi connectivity index (χ3n) is 2.74. The molecule has 5 heteroatoms. The molecule has 0 rings (SSSR count). The van der Waals surface area contributed by atoms with Gasteiger partial charge in [0.1, 0.15) is 0 Å². The van der Waals surface area contributed by atoms with Crippen LogP contribution in [0.25, 0.3) is 0 Å². The Morgan fingerprint density at radius 3 is 2.06 bits per heavy atom. The second-order valence-corrected chi connectivity index (χ2v) is 4.39. The molecule has 0 bridgehead atoms. The number of hydrogen-bond donors (Lipinski definition) is 3. The first-order chi connectivity index (χ1) is 8.65. The summed E-state index contributed by atoms with van der Waals surface area (Å²) >= 11 is 0. The van der Waals surface area contributed by atoms with E-state index < -0.39 is 6.04 Å². The summed E-state index contributed by atoms with van der Waals surface area (Å²) < 4.78 is 0. The maximum Gasteiger partial charge on any atom is 0.237 e. The van der Waals surface area contributed by atoms with Crippen LogP contribution < -0.4 is 16.0 Å². The van der Waals surface area contributed by atoms with Gasteiger partial charge < -0.3 is 16.0 Å². The fraction of sp³-hybridized carbons (Fsp3) is 0.846. The van der Waals surface area contributed by atoms with Crippen molar-refractivity contribution < 1.29 is 9.59 Å². The van der Waals surface area contributed by atoms with E-state index in [0.717, 1.165) is 25.7 Å². The number of unbranched alkanes of at least 4 members (excludes halogenated alkanes) is 2. The molecule has 1 atom stereocenters. The molecule has 0 fully saturated rings. The van der Waals surface area contributed by atoms with Gasteiger partial charge in [-0.1, -0.05) is 26.7 Å².